The van der Waals surface area contributed by atoms with Crippen LogP contribution in [0.3, 0.4) is 0 Å². The third-order valence-electron chi connectivity index (χ3n) is 2.26. The van der Waals surface area contributed by atoms with Gasteiger partial charge in [-0.15, -0.1) is 5.06 Å². The number of hydrogen-bond donors (Lipinski definition) is 0. The molecule has 1 aliphatic rings. The van der Waals surface area contributed by atoms with Gasteiger partial charge in [-0.3, -0.25) is 14.4 Å². The van der Waals surface area contributed by atoms with E-state index in [4.69, 9.17) is 9.57 Å². The van der Waals surface area contributed by atoms with Gasteiger partial charge < -0.3 is 4.74 Å². The molecule has 1 aromatic rings. The molecule has 0 bridgehead atoms. The molecular weight excluding hydrogens is 210 g/mol. The summed E-state index contributed by atoms with van der Waals surface area (Å²) in [5.41, 5.74) is 0.759. The van der Waals surface area contributed by atoms with E-state index >= 15 is 0 Å². The number of methoxy groups -OCH3 is 1. The molecule has 0 fully saturated rings. The average molecular weight is 221 g/mol. The molecule has 0 atom stereocenters. The smallest absolute Gasteiger partial charge is 0.285 e. The van der Waals surface area contributed by atoms with Crippen molar-refractivity contribution in [1.29, 1.82) is 0 Å². The van der Waals surface area contributed by atoms with Crippen molar-refractivity contribution in [3.05, 3.63) is 35.4 Å². The Bertz CT molecular complexity index is 395. The van der Waals surface area contributed by atoms with Crippen LogP contribution in [0.1, 0.15) is 20.7 Å². The van der Waals surface area contributed by atoms with Crippen LogP contribution in [0.25, 0.3) is 0 Å². The second-order valence-electron chi connectivity index (χ2n) is 3.28. The zero-order chi connectivity index (χ0) is 11.5. The van der Waals surface area contributed by atoms with Gasteiger partial charge in [0, 0.05) is 7.11 Å². The number of hydroxylamine groups is 2. The molecule has 1 aromatic carbocycles. The summed E-state index contributed by atoms with van der Waals surface area (Å²) < 4.78 is 4.77. The quantitative estimate of drug-likeness (QED) is 0.559. The number of ether oxygens (including phenoxy) is 1. The van der Waals surface area contributed by atoms with Crippen molar-refractivity contribution in [2.45, 2.75) is 0 Å². The fraction of sp³-hybridized carbons (Fsp3) is 0.273. The van der Waals surface area contributed by atoms with Crippen molar-refractivity contribution in [1.82, 2.24) is 5.06 Å². The fourth-order valence-corrected chi connectivity index (χ4v) is 1.50. The summed E-state index contributed by atoms with van der Waals surface area (Å²) in [6.45, 7) is 0.495. The Morgan fingerprint density at radius 1 is 1.06 bits per heavy atom. The number of amides is 2. The highest BCUT2D eigenvalue weighted by atomic mass is 16.7. The predicted octanol–water partition coefficient (Wildman–Crippen LogP) is 0.861. The molecule has 0 saturated heterocycles. The summed E-state index contributed by atoms with van der Waals surface area (Å²) in [6, 6.07) is 6.63. The van der Waals surface area contributed by atoms with Gasteiger partial charge in [-0.05, 0) is 12.1 Å². The molecule has 2 amide bonds. The van der Waals surface area contributed by atoms with Crippen molar-refractivity contribution in [2.24, 2.45) is 0 Å². The zero-order valence-electron chi connectivity index (χ0n) is 8.80. The minimum atomic E-state index is -0.420. The molecule has 0 aromatic heterocycles. The maximum Gasteiger partial charge on any atom is 0.285 e. The van der Waals surface area contributed by atoms with E-state index in [9.17, 15) is 9.59 Å². The Morgan fingerprint density at radius 2 is 1.62 bits per heavy atom. The molecule has 0 spiro atoms. The summed E-state index contributed by atoms with van der Waals surface area (Å²) in [6.07, 6.45) is 0. The monoisotopic (exact) mass is 221 g/mol. The van der Waals surface area contributed by atoms with Gasteiger partial charge in [0.05, 0.1) is 24.3 Å². The third kappa shape index (κ3) is 1.70. The number of rotatable bonds is 4. The molecule has 16 heavy (non-hydrogen) atoms. The molecule has 5 nitrogen and oxygen atoms in total. The van der Waals surface area contributed by atoms with Crippen LogP contribution in [-0.4, -0.2) is 37.2 Å². The molecule has 5 heteroatoms. The zero-order valence-corrected chi connectivity index (χ0v) is 8.80. The first-order valence-corrected chi connectivity index (χ1v) is 4.85. The Kier molecular flexibility index (Phi) is 2.98. The van der Waals surface area contributed by atoms with E-state index in [-0.39, 0.29) is 6.61 Å². The van der Waals surface area contributed by atoms with Gasteiger partial charge in [-0.1, -0.05) is 12.1 Å². The van der Waals surface area contributed by atoms with Gasteiger partial charge in [0.15, 0.2) is 0 Å². The van der Waals surface area contributed by atoms with Crippen LogP contribution in [0.5, 0.6) is 0 Å². The molecule has 0 N–H and O–H groups in total. The van der Waals surface area contributed by atoms with Gasteiger partial charge in [0.2, 0.25) is 0 Å². The highest BCUT2D eigenvalue weighted by Gasteiger charge is 2.36. The molecule has 0 saturated carbocycles. The van der Waals surface area contributed by atoms with Crippen LogP contribution in [-0.2, 0) is 9.57 Å². The van der Waals surface area contributed by atoms with Crippen molar-refractivity contribution in [2.75, 3.05) is 20.3 Å². The first-order valence-electron chi connectivity index (χ1n) is 4.85. The number of benzene rings is 1. The highest BCUT2D eigenvalue weighted by Crippen LogP contribution is 2.22. The van der Waals surface area contributed by atoms with Gasteiger partial charge in [-0.2, -0.15) is 0 Å². The first-order chi connectivity index (χ1) is 7.75. The Balaban J connectivity index is 2.15. The second-order valence-corrected chi connectivity index (χ2v) is 3.28. The Hall–Kier alpha value is -1.72. The maximum absolute atomic E-state index is 11.7. The fourth-order valence-electron chi connectivity index (χ4n) is 1.50. The van der Waals surface area contributed by atoms with Gasteiger partial charge >= 0.3 is 0 Å². The van der Waals surface area contributed by atoms with E-state index in [1.807, 2.05) is 0 Å². The Morgan fingerprint density at radius 3 is 2.12 bits per heavy atom. The lowest BCUT2D eigenvalue weighted by Gasteiger charge is -2.12. The Labute approximate surface area is 92.5 Å². The van der Waals surface area contributed by atoms with Crippen molar-refractivity contribution in [3.63, 3.8) is 0 Å². The van der Waals surface area contributed by atoms with Crippen LogP contribution in [0.2, 0.25) is 0 Å². The van der Waals surface area contributed by atoms with Crippen LogP contribution in [0, 0.1) is 0 Å². The molecule has 1 heterocycles. The number of carbonyl (C=O) groups excluding carboxylic acids is 2. The summed E-state index contributed by atoms with van der Waals surface area (Å²) in [4.78, 5) is 28.5. The summed E-state index contributed by atoms with van der Waals surface area (Å²) in [7, 11) is 1.52. The van der Waals surface area contributed by atoms with Crippen molar-refractivity contribution >= 4 is 11.8 Å². The normalized spacial score (nSPS) is 14.4. The van der Waals surface area contributed by atoms with E-state index < -0.39 is 11.8 Å². The number of nitrogens with zero attached hydrogens (tertiary/aromatic N) is 1. The highest BCUT2D eigenvalue weighted by molar-refractivity contribution is 6.20. The first kappa shape index (κ1) is 10.8. The molecule has 0 radical (unpaired) electrons. The van der Waals surface area contributed by atoms with Crippen LogP contribution in [0.15, 0.2) is 24.3 Å². The molecule has 1 aliphatic heterocycles. The standard InChI is InChI=1S/C11H11NO4/c1-15-6-7-16-12-10(13)8-4-2-3-5-9(8)11(12)14/h2-5H,6-7H2,1H3. The molecule has 0 unspecified atom stereocenters. The van der Waals surface area contributed by atoms with E-state index in [1.54, 1.807) is 24.3 Å². The minimum Gasteiger partial charge on any atom is -0.382 e. The topological polar surface area (TPSA) is 55.8 Å². The van der Waals surface area contributed by atoms with Gasteiger partial charge in [0.25, 0.3) is 11.8 Å². The van der Waals surface area contributed by atoms with E-state index in [2.05, 4.69) is 0 Å². The molecule has 84 valence electrons. The lowest BCUT2D eigenvalue weighted by atomic mass is 10.1. The average Bonchev–Trinajstić information content (AvgIpc) is 2.55. The molecule has 0 aliphatic carbocycles. The predicted molar refractivity (Wildman–Crippen MR) is 54.8 cm³/mol. The number of imide groups is 1. The summed E-state index contributed by atoms with van der Waals surface area (Å²) in [5, 5.41) is 0.781. The summed E-state index contributed by atoms with van der Waals surface area (Å²) >= 11 is 0. The van der Waals surface area contributed by atoms with Crippen molar-refractivity contribution in [3.8, 4) is 0 Å². The lowest BCUT2D eigenvalue weighted by molar-refractivity contribution is -0.103. The molecular formula is C11H11NO4. The second kappa shape index (κ2) is 4.42. The largest absolute Gasteiger partial charge is 0.382 e. The van der Waals surface area contributed by atoms with Crippen LogP contribution < -0.4 is 0 Å². The third-order valence-corrected chi connectivity index (χ3v) is 2.26. The number of carbonyl (C=O) groups is 2. The van der Waals surface area contributed by atoms with Crippen molar-refractivity contribution < 1.29 is 19.2 Å². The maximum atomic E-state index is 11.7. The van der Waals surface area contributed by atoms with E-state index in [1.165, 1.54) is 7.11 Å². The molecule has 2 rings (SSSR count). The van der Waals surface area contributed by atoms with E-state index in [0.717, 1.165) is 5.06 Å². The minimum absolute atomic E-state index is 0.169. The van der Waals surface area contributed by atoms with Crippen LogP contribution in [0.4, 0.5) is 0 Å². The number of hydrogen-bond acceptors (Lipinski definition) is 4. The van der Waals surface area contributed by atoms with Gasteiger partial charge in [-0.25, -0.2) is 0 Å². The van der Waals surface area contributed by atoms with E-state index in [0.29, 0.717) is 17.7 Å². The number of fused-ring (bicyclic) bond motifs is 1. The SMILES string of the molecule is COCCON1C(=O)c2ccccc2C1=O. The van der Waals surface area contributed by atoms with Crippen LogP contribution >= 0.6 is 0 Å². The summed E-state index contributed by atoms with van der Waals surface area (Å²) in [5.74, 6) is -0.839. The van der Waals surface area contributed by atoms with Gasteiger partial charge in [0.1, 0.15) is 0 Å². The lowest BCUT2D eigenvalue weighted by Crippen LogP contribution is -2.31.